The minimum absolute atomic E-state index is 0.240. The number of halogens is 1. The van der Waals surface area contributed by atoms with Gasteiger partial charge in [-0.3, -0.25) is 0 Å². The summed E-state index contributed by atoms with van der Waals surface area (Å²) < 4.78 is 5.75. The molecule has 0 amide bonds. The van der Waals surface area contributed by atoms with Crippen LogP contribution in [-0.4, -0.2) is 24.7 Å². The van der Waals surface area contributed by atoms with Crippen molar-refractivity contribution >= 4 is 22.9 Å². The average molecular weight is 297 g/mol. The Bertz CT molecular complexity index is 530. The Kier molecular flexibility index (Phi) is 5.19. The van der Waals surface area contributed by atoms with E-state index in [9.17, 15) is 0 Å². The number of hydrogen-bond donors (Lipinski definition) is 1. The van der Waals surface area contributed by atoms with Crippen LogP contribution >= 0.6 is 22.9 Å². The molecule has 0 radical (unpaired) electrons. The second kappa shape index (κ2) is 6.89. The molecule has 0 saturated heterocycles. The zero-order valence-electron chi connectivity index (χ0n) is 11.0. The summed E-state index contributed by atoms with van der Waals surface area (Å²) in [7, 11) is 1.94. The smallest absolute Gasteiger partial charge is 0.120 e. The molecule has 0 bridgehead atoms. The van der Waals surface area contributed by atoms with Gasteiger partial charge < -0.3 is 10.1 Å². The highest BCUT2D eigenvalue weighted by atomic mass is 35.5. The molecular weight excluding hydrogens is 280 g/mol. The maximum Gasteiger partial charge on any atom is 0.120 e. The number of thiazole rings is 1. The summed E-state index contributed by atoms with van der Waals surface area (Å²) in [5.41, 5.74) is 1.07. The fourth-order valence-electron chi connectivity index (χ4n) is 1.71. The summed E-state index contributed by atoms with van der Waals surface area (Å²) >= 11 is 7.61. The van der Waals surface area contributed by atoms with Gasteiger partial charge in [-0.2, -0.15) is 0 Å². The van der Waals surface area contributed by atoms with Crippen molar-refractivity contribution in [2.75, 3.05) is 13.7 Å². The summed E-state index contributed by atoms with van der Waals surface area (Å²) in [6.45, 7) is 2.60. The van der Waals surface area contributed by atoms with Crippen LogP contribution in [0.5, 0.6) is 5.75 Å². The van der Waals surface area contributed by atoms with E-state index in [1.54, 1.807) is 11.3 Å². The Morgan fingerprint density at radius 1 is 1.47 bits per heavy atom. The van der Waals surface area contributed by atoms with Crippen LogP contribution in [0.3, 0.4) is 0 Å². The normalized spacial score (nSPS) is 12.4. The lowest BCUT2D eigenvalue weighted by Gasteiger charge is -2.16. The molecule has 0 saturated carbocycles. The van der Waals surface area contributed by atoms with E-state index >= 15 is 0 Å². The molecule has 0 aliphatic carbocycles. The number of hydrogen-bond acceptors (Lipinski definition) is 4. The monoisotopic (exact) mass is 296 g/mol. The van der Waals surface area contributed by atoms with E-state index in [1.165, 1.54) is 0 Å². The molecule has 3 nitrogen and oxygen atoms in total. The van der Waals surface area contributed by atoms with Gasteiger partial charge in [0, 0.05) is 28.6 Å². The van der Waals surface area contributed by atoms with Crippen LogP contribution in [0.15, 0.2) is 29.6 Å². The van der Waals surface area contributed by atoms with Crippen LogP contribution in [0.2, 0.25) is 5.02 Å². The van der Waals surface area contributed by atoms with Crippen molar-refractivity contribution in [3.05, 3.63) is 45.4 Å². The molecule has 0 aliphatic heterocycles. The topological polar surface area (TPSA) is 34.1 Å². The van der Waals surface area contributed by atoms with Gasteiger partial charge >= 0.3 is 0 Å². The second-order valence-corrected chi connectivity index (χ2v) is 5.72. The number of likely N-dealkylation sites (N-methyl/N-ethyl adjacent to an activating group) is 1. The molecule has 2 rings (SSSR count). The van der Waals surface area contributed by atoms with E-state index in [1.807, 2.05) is 38.2 Å². The van der Waals surface area contributed by atoms with Crippen LogP contribution in [0.1, 0.15) is 10.7 Å². The van der Waals surface area contributed by atoms with Crippen LogP contribution in [-0.2, 0) is 6.42 Å². The predicted molar refractivity (Wildman–Crippen MR) is 80.3 cm³/mol. The summed E-state index contributed by atoms with van der Waals surface area (Å²) in [6, 6.07) is 7.69. The van der Waals surface area contributed by atoms with Gasteiger partial charge in [0.1, 0.15) is 12.4 Å². The lowest BCUT2D eigenvalue weighted by molar-refractivity contribution is 0.269. The highest BCUT2D eigenvalue weighted by Crippen LogP contribution is 2.18. The average Bonchev–Trinajstić information content (AvgIpc) is 2.80. The summed E-state index contributed by atoms with van der Waals surface area (Å²) in [5, 5.41) is 7.14. The summed E-state index contributed by atoms with van der Waals surface area (Å²) in [5.74, 6) is 0.795. The molecule has 1 N–H and O–H groups in total. The Labute approximate surface area is 122 Å². The third-order valence-electron chi connectivity index (χ3n) is 2.74. The zero-order chi connectivity index (χ0) is 13.7. The Hall–Kier alpha value is -1.10. The quantitative estimate of drug-likeness (QED) is 0.888. The van der Waals surface area contributed by atoms with Gasteiger partial charge in [-0.15, -0.1) is 11.3 Å². The minimum Gasteiger partial charge on any atom is -0.492 e. The van der Waals surface area contributed by atoms with Gasteiger partial charge in [0.2, 0.25) is 0 Å². The van der Waals surface area contributed by atoms with E-state index < -0.39 is 0 Å². The van der Waals surface area contributed by atoms with Crippen LogP contribution in [0, 0.1) is 6.92 Å². The molecule has 0 fully saturated rings. The number of ether oxygens (including phenoxy) is 1. The molecule has 5 heteroatoms. The maximum atomic E-state index is 5.92. The van der Waals surface area contributed by atoms with E-state index in [2.05, 4.69) is 15.7 Å². The van der Waals surface area contributed by atoms with Crippen molar-refractivity contribution in [1.29, 1.82) is 0 Å². The first-order valence-electron chi connectivity index (χ1n) is 6.14. The molecule has 0 spiro atoms. The fourth-order valence-corrected chi connectivity index (χ4v) is 2.74. The maximum absolute atomic E-state index is 5.92. The first-order valence-corrected chi connectivity index (χ1v) is 7.40. The fraction of sp³-hybridized carbons (Fsp3) is 0.357. The molecule has 1 heterocycles. The number of aryl methyl sites for hydroxylation is 1. The number of aromatic nitrogens is 1. The van der Waals surface area contributed by atoms with Gasteiger partial charge in [0.15, 0.2) is 0 Å². The van der Waals surface area contributed by atoms with Gasteiger partial charge in [-0.05, 0) is 32.2 Å². The lowest BCUT2D eigenvalue weighted by atomic mass is 10.2. The highest BCUT2D eigenvalue weighted by molar-refractivity contribution is 7.09. The molecule has 1 aromatic heterocycles. The van der Waals surface area contributed by atoms with Crippen molar-refractivity contribution in [2.24, 2.45) is 0 Å². The predicted octanol–water partition coefficient (Wildman–Crippen LogP) is 3.31. The highest BCUT2D eigenvalue weighted by Gasteiger charge is 2.11. The van der Waals surface area contributed by atoms with E-state index in [0.29, 0.717) is 11.6 Å². The molecular formula is C14H17ClN2OS. The van der Waals surface area contributed by atoms with Gasteiger partial charge in [0.25, 0.3) is 0 Å². The molecule has 1 aromatic carbocycles. The number of benzene rings is 1. The van der Waals surface area contributed by atoms with Crippen molar-refractivity contribution in [1.82, 2.24) is 10.3 Å². The Morgan fingerprint density at radius 2 is 2.32 bits per heavy atom. The van der Waals surface area contributed by atoms with Gasteiger partial charge in [-0.25, -0.2) is 4.98 Å². The second-order valence-electron chi connectivity index (χ2n) is 4.34. The third kappa shape index (κ3) is 4.49. The van der Waals surface area contributed by atoms with Gasteiger partial charge in [-0.1, -0.05) is 17.7 Å². The Balaban J connectivity index is 1.89. The standard InChI is InChI=1S/C14H17ClN2OS/c1-10-9-19-14(17-10)7-12(16-2)8-18-13-5-3-4-11(15)6-13/h3-6,9,12,16H,7-8H2,1-2H3. The molecule has 1 atom stereocenters. The first kappa shape index (κ1) is 14.3. The van der Waals surface area contributed by atoms with Crippen LogP contribution in [0.4, 0.5) is 0 Å². The van der Waals surface area contributed by atoms with Crippen molar-refractivity contribution in [3.63, 3.8) is 0 Å². The van der Waals surface area contributed by atoms with Crippen molar-refractivity contribution in [3.8, 4) is 5.75 Å². The molecule has 0 aliphatic rings. The third-order valence-corrected chi connectivity index (χ3v) is 3.97. The van der Waals surface area contributed by atoms with E-state index in [4.69, 9.17) is 16.3 Å². The minimum atomic E-state index is 0.240. The molecule has 2 aromatic rings. The lowest BCUT2D eigenvalue weighted by Crippen LogP contribution is -2.33. The van der Waals surface area contributed by atoms with E-state index in [-0.39, 0.29) is 6.04 Å². The van der Waals surface area contributed by atoms with Gasteiger partial charge in [0.05, 0.1) is 5.01 Å². The molecule has 1 unspecified atom stereocenters. The molecule has 19 heavy (non-hydrogen) atoms. The number of nitrogens with one attached hydrogen (secondary N) is 1. The summed E-state index contributed by atoms with van der Waals surface area (Å²) in [6.07, 6.45) is 0.871. The van der Waals surface area contributed by atoms with Crippen LogP contribution < -0.4 is 10.1 Å². The van der Waals surface area contributed by atoms with Crippen molar-refractivity contribution in [2.45, 2.75) is 19.4 Å². The van der Waals surface area contributed by atoms with Crippen molar-refractivity contribution < 1.29 is 4.74 Å². The Morgan fingerprint density at radius 3 is 2.95 bits per heavy atom. The first-order chi connectivity index (χ1) is 9.17. The van der Waals surface area contributed by atoms with Crippen LogP contribution in [0.25, 0.3) is 0 Å². The summed E-state index contributed by atoms with van der Waals surface area (Å²) in [4.78, 5) is 4.47. The molecule has 102 valence electrons. The number of rotatable bonds is 6. The zero-order valence-corrected chi connectivity index (χ0v) is 12.6. The van der Waals surface area contributed by atoms with E-state index in [0.717, 1.165) is 22.9 Å². The SMILES string of the molecule is CNC(COc1cccc(Cl)c1)Cc1nc(C)cs1. The largest absolute Gasteiger partial charge is 0.492 e. The number of nitrogens with zero attached hydrogens (tertiary/aromatic N) is 1.